The molecule has 1 aromatic carbocycles. The summed E-state index contributed by atoms with van der Waals surface area (Å²) in [5, 5.41) is 3.29. The van der Waals surface area contributed by atoms with Crippen LogP contribution in [0.1, 0.15) is 23.1 Å². The van der Waals surface area contributed by atoms with Crippen molar-refractivity contribution in [2.75, 3.05) is 12.3 Å². The number of amides is 2. The summed E-state index contributed by atoms with van der Waals surface area (Å²) in [7, 11) is 0. The fourth-order valence-electron chi connectivity index (χ4n) is 2.54. The molecule has 0 bridgehead atoms. The number of hydrogen-bond donors (Lipinski definition) is 1. The molecule has 126 valence electrons. The molecule has 3 rings (SSSR count). The largest absolute Gasteiger partial charge is 0.467 e. The topological polar surface area (TPSA) is 62.6 Å². The van der Waals surface area contributed by atoms with Crippen molar-refractivity contribution in [3.05, 3.63) is 59.0 Å². The first kappa shape index (κ1) is 16.9. The zero-order valence-corrected chi connectivity index (χ0v) is 14.5. The molecular weight excluding hydrogens is 348 g/mol. The first-order chi connectivity index (χ1) is 11.6. The molecule has 24 heavy (non-hydrogen) atoms. The number of nitrogens with zero attached hydrogens (tertiary/aromatic N) is 1. The summed E-state index contributed by atoms with van der Waals surface area (Å²) in [6.45, 7) is 0.716. The molecule has 1 fully saturated rings. The molecule has 0 spiro atoms. The van der Waals surface area contributed by atoms with Gasteiger partial charge in [0.2, 0.25) is 11.8 Å². The average Bonchev–Trinajstić information content (AvgIpc) is 3.21. The van der Waals surface area contributed by atoms with Crippen LogP contribution in [0.25, 0.3) is 0 Å². The van der Waals surface area contributed by atoms with E-state index in [1.54, 1.807) is 23.3 Å². The summed E-state index contributed by atoms with van der Waals surface area (Å²) in [6, 6.07) is 11.1. The SMILES string of the molecule is O=C(CCN1C(=O)CSC1c1ccccc1Cl)NCc1ccco1. The average molecular weight is 365 g/mol. The molecule has 1 atom stereocenters. The minimum atomic E-state index is -0.135. The normalized spacial score (nSPS) is 17.3. The Labute approximate surface area is 149 Å². The molecule has 2 heterocycles. The molecule has 1 aliphatic heterocycles. The van der Waals surface area contributed by atoms with E-state index in [4.69, 9.17) is 16.0 Å². The van der Waals surface area contributed by atoms with E-state index in [1.165, 1.54) is 11.8 Å². The van der Waals surface area contributed by atoms with Gasteiger partial charge in [0.25, 0.3) is 0 Å². The van der Waals surface area contributed by atoms with E-state index in [1.807, 2.05) is 24.3 Å². The molecule has 1 unspecified atom stereocenters. The van der Waals surface area contributed by atoms with E-state index < -0.39 is 0 Å². The van der Waals surface area contributed by atoms with Gasteiger partial charge in [-0.2, -0.15) is 0 Å². The smallest absolute Gasteiger partial charge is 0.233 e. The third-order valence-corrected chi connectivity index (χ3v) is 5.34. The van der Waals surface area contributed by atoms with E-state index in [2.05, 4.69) is 5.32 Å². The maximum atomic E-state index is 12.1. The molecule has 0 saturated carbocycles. The zero-order valence-electron chi connectivity index (χ0n) is 12.9. The lowest BCUT2D eigenvalue weighted by molar-refractivity contribution is -0.129. The van der Waals surface area contributed by atoms with Gasteiger partial charge in [-0.05, 0) is 18.2 Å². The highest BCUT2D eigenvalue weighted by molar-refractivity contribution is 8.00. The minimum absolute atomic E-state index is 0.0313. The molecule has 1 aromatic heterocycles. The van der Waals surface area contributed by atoms with Gasteiger partial charge in [0.05, 0.1) is 18.6 Å². The van der Waals surface area contributed by atoms with Crippen LogP contribution in [0.15, 0.2) is 47.1 Å². The van der Waals surface area contributed by atoms with Gasteiger partial charge in [-0.25, -0.2) is 0 Å². The molecule has 2 aromatic rings. The predicted molar refractivity (Wildman–Crippen MR) is 93.5 cm³/mol. The standard InChI is InChI=1S/C17H17ClN2O3S/c18-14-6-2-1-5-13(14)17-20(16(22)11-24-17)8-7-15(21)19-10-12-4-3-9-23-12/h1-6,9,17H,7-8,10-11H2,(H,19,21). The van der Waals surface area contributed by atoms with E-state index in [-0.39, 0.29) is 23.6 Å². The summed E-state index contributed by atoms with van der Waals surface area (Å²) in [6.07, 6.45) is 1.81. The van der Waals surface area contributed by atoms with Crippen LogP contribution in [0, 0.1) is 0 Å². The summed E-state index contributed by atoms with van der Waals surface area (Å²) in [5.74, 6) is 1.02. The molecule has 0 aliphatic carbocycles. The summed E-state index contributed by atoms with van der Waals surface area (Å²) < 4.78 is 5.17. The molecule has 1 saturated heterocycles. The van der Waals surface area contributed by atoms with Gasteiger partial charge in [0, 0.05) is 23.6 Å². The van der Waals surface area contributed by atoms with Crippen LogP contribution in [0.3, 0.4) is 0 Å². The number of carbonyl (C=O) groups is 2. The van der Waals surface area contributed by atoms with E-state index in [0.29, 0.717) is 29.6 Å². The Morgan fingerprint density at radius 1 is 1.33 bits per heavy atom. The number of thioether (sulfide) groups is 1. The molecule has 5 nitrogen and oxygen atoms in total. The first-order valence-corrected chi connectivity index (χ1v) is 9.02. The maximum absolute atomic E-state index is 12.1. The summed E-state index contributed by atoms with van der Waals surface area (Å²) >= 11 is 7.78. The molecule has 1 aliphatic rings. The molecule has 0 radical (unpaired) electrons. The third-order valence-electron chi connectivity index (χ3n) is 3.76. The quantitative estimate of drug-likeness (QED) is 0.854. The molecule has 1 N–H and O–H groups in total. The van der Waals surface area contributed by atoms with Crippen molar-refractivity contribution in [2.24, 2.45) is 0 Å². The van der Waals surface area contributed by atoms with Gasteiger partial charge >= 0.3 is 0 Å². The second kappa shape index (κ2) is 7.77. The number of nitrogens with one attached hydrogen (secondary N) is 1. The maximum Gasteiger partial charge on any atom is 0.233 e. The Hall–Kier alpha value is -1.92. The number of hydrogen-bond acceptors (Lipinski definition) is 4. The first-order valence-electron chi connectivity index (χ1n) is 7.60. The Bertz CT molecular complexity index is 720. The second-order valence-corrected chi connectivity index (χ2v) is 6.85. The van der Waals surface area contributed by atoms with E-state index in [9.17, 15) is 9.59 Å². The molecule has 2 amide bonds. The van der Waals surface area contributed by atoms with Crippen molar-refractivity contribution in [2.45, 2.75) is 18.3 Å². The van der Waals surface area contributed by atoms with Crippen molar-refractivity contribution in [3.8, 4) is 0 Å². The van der Waals surface area contributed by atoms with Crippen molar-refractivity contribution in [1.82, 2.24) is 10.2 Å². The van der Waals surface area contributed by atoms with E-state index >= 15 is 0 Å². The number of furan rings is 1. The molecule has 7 heteroatoms. The van der Waals surface area contributed by atoms with Crippen LogP contribution >= 0.6 is 23.4 Å². The van der Waals surface area contributed by atoms with Crippen LogP contribution in [-0.2, 0) is 16.1 Å². The second-order valence-electron chi connectivity index (χ2n) is 5.38. The van der Waals surface area contributed by atoms with Crippen LogP contribution < -0.4 is 5.32 Å². The lowest BCUT2D eigenvalue weighted by Gasteiger charge is -2.24. The fraction of sp³-hybridized carbons (Fsp3) is 0.294. The van der Waals surface area contributed by atoms with Crippen molar-refractivity contribution in [1.29, 1.82) is 0 Å². The van der Waals surface area contributed by atoms with Gasteiger partial charge in [-0.1, -0.05) is 29.8 Å². The van der Waals surface area contributed by atoms with Crippen molar-refractivity contribution in [3.63, 3.8) is 0 Å². The number of benzene rings is 1. The number of carbonyl (C=O) groups excluding carboxylic acids is 2. The highest BCUT2D eigenvalue weighted by Gasteiger charge is 2.33. The Morgan fingerprint density at radius 2 is 2.17 bits per heavy atom. The van der Waals surface area contributed by atoms with Crippen LogP contribution in [0.5, 0.6) is 0 Å². The lowest BCUT2D eigenvalue weighted by atomic mass is 10.2. The van der Waals surface area contributed by atoms with Crippen LogP contribution in [0.4, 0.5) is 0 Å². The van der Waals surface area contributed by atoms with Gasteiger partial charge in [-0.3, -0.25) is 9.59 Å². The van der Waals surface area contributed by atoms with Gasteiger partial charge in [-0.15, -0.1) is 11.8 Å². The van der Waals surface area contributed by atoms with E-state index in [0.717, 1.165) is 5.56 Å². The molecular formula is C17H17ClN2O3S. The van der Waals surface area contributed by atoms with Crippen LogP contribution in [0.2, 0.25) is 5.02 Å². The highest BCUT2D eigenvalue weighted by Crippen LogP contribution is 2.41. The summed E-state index contributed by atoms with van der Waals surface area (Å²) in [5.41, 5.74) is 0.908. The lowest BCUT2D eigenvalue weighted by Crippen LogP contribution is -2.33. The third kappa shape index (κ3) is 3.94. The highest BCUT2D eigenvalue weighted by atomic mass is 35.5. The Kier molecular flexibility index (Phi) is 5.48. The fourth-order valence-corrected chi connectivity index (χ4v) is 4.10. The number of halogens is 1. The Morgan fingerprint density at radius 3 is 2.92 bits per heavy atom. The van der Waals surface area contributed by atoms with Crippen molar-refractivity contribution < 1.29 is 14.0 Å². The van der Waals surface area contributed by atoms with Crippen molar-refractivity contribution >= 4 is 35.2 Å². The predicted octanol–water partition coefficient (Wildman–Crippen LogP) is 3.21. The van der Waals surface area contributed by atoms with Crippen LogP contribution in [-0.4, -0.2) is 29.0 Å². The Balaban J connectivity index is 1.57. The minimum Gasteiger partial charge on any atom is -0.467 e. The van der Waals surface area contributed by atoms with Gasteiger partial charge in [0.15, 0.2) is 0 Å². The van der Waals surface area contributed by atoms with Gasteiger partial charge < -0.3 is 14.6 Å². The summed E-state index contributed by atoms with van der Waals surface area (Å²) in [4.78, 5) is 25.9. The monoisotopic (exact) mass is 364 g/mol. The zero-order chi connectivity index (χ0) is 16.9. The number of rotatable bonds is 6. The van der Waals surface area contributed by atoms with Gasteiger partial charge in [0.1, 0.15) is 11.1 Å².